The number of likely N-dealkylation sites (tertiary alicyclic amines) is 1. The number of hydrogen-bond acceptors (Lipinski definition) is 5. The molecule has 1 unspecified atom stereocenters. The van der Waals surface area contributed by atoms with Gasteiger partial charge in [-0.3, -0.25) is 9.69 Å². The molecule has 2 rings (SSSR count). The highest BCUT2D eigenvalue weighted by atomic mass is 16.3. The predicted octanol–water partition coefficient (Wildman–Crippen LogP) is 0.590. The molecule has 0 radical (unpaired) electrons. The third-order valence-electron chi connectivity index (χ3n) is 3.86. The van der Waals surface area contributed by atoms with Gasteiger partial charge in [0.25, 0.3) is 0 Å². The number of nitrogens with zero attached hydrogens (tertiary/aromatic N) is 4. The van der Waals surface area contributed by atoms with Gasteiger partial charge in [-0.25, -0.2) is 9.97 Å². The summed E-state index contributed by atoms with van der Waals surface area (Å²) in [5.74, 6) is -0.0303. The van der Waals surface area contributed by atoms with Gasteiger partial charge in [-0.1, -0.05) is 0 Å². The number of amides is 1. The van der Waals surface area contributed by atoms with E-state index in [-0.39, 0.29) is 12.3 Å². The lowest BCUT2D eigenvalue weighted by Crippen LogP contribution is -2.50. The molecule has 0 bridgehead atoms. The molecule has 1 aliphatic heterocycles. The van der Waals surface area contributed by atoms with Crippen molar-refractivity contribution in [2.75, 3.05) is 27.2 Å². The van der Waals surface area contributed by atoms with Crippen LogP contribution in [0.4, 0.5) is 0 Å². The summed E-state index contributed by atoms with van der Waals surface area (Å²) in [6.45, 7) is 4.05. The Bertz CT molecular complexity index is 506. The molecular formula is C15H24N4O2. The summed E-state index contributed by atoms with van der Waals surface area (Å²) in [6.07, 6.45) is 3.31. The standard InChI is InChI=1S/C15H24N4O2/c1-12-7-13(17-11-16-12)9-19-6-4-5-15(21,10-19)8-14(20)18(2)3/h7,11,21H,4-6,8-10H2,1-3H3. The minimum Gasteiger partial charge on any atom is -0.388 e. The molecule has 1 atom stereocenters. The molecule has 1 N–H and O–H groups in total. The molecule has 6 nitrogen and oxygen atoms in total. The summed E-state index contributed by atoms with van der Waals surface area (Å²) in [7, 11) is 3.44. The molecule has 1 aliphatic rings. The van der Waals surface area contributed by atoms with Crippen molar-refractivity contribution in [2.24, 2.45) is 0 Å². The quantitative estimate of drug-likeness (QED) is 0.879. The zero-order valence-corrected chi connectivity index (χ0v) is 13.0. The molecule has 6 heteroatoms. The minimum atomic E-state index is -0.929. The second-order valence-corrected chi connectivity index (χ2v) is 6.15. The largest absolute Gasteiger partial charge is 0.388 e. The monoisotopic (exact) mass is 292 g/mol. The van der Waals surface area contributed by atoms with Crippen LogP contribution in [-0.2, 0) is 11.3 Å². The Hall–Kier alpha value is -1.53. The van der Waals surface area contributed by atoms with E-state index < -0.39 is 5.60 Å². The smallest absolute Gasteiger partial charge is 0.224 e. The summed E-state index contributed by atoms with van der Waals surface area (Å²) in [6, 6.07) is 1.96. The maximum Gasteiger partial charge on any atom is 0.224 e. The number of aryl methyl sites for hydroxylation is 1. The fourth-order valence-electron chi connectivity index (χ4n) is 2.75. The van der Waals surface area contributed by atoms with E-state index in [9.17, 15) is 9.90 Å². The van der Waals surface area contributed by atoms with E-state index in [1.807, 2.05) is 13.0 Å². The second-order valence-electron chi connectivity index (χ2n) is 6.15. The fourth-order valence-corrected chi connectivity index (χ4v) is 2.75. The summed E-state index contributed by atoms with van der Waals surface area (Å²) in [5.41, 5.74) is 0.961. The first-order chi connectivity index (χ1) is 9.88. The number of hydrogen-bond donors (Lipinski definition) is 1. The van der Waals surface area contributed by atoms with Crippen LogP contribution < -0.4 is 0 Å². The summed E-state index contributed by atoms with van der Waals surface area (Å²) < 4.78 is 0. The van der Waals surface area contributed by atoms with Crippen LogP contribution in [0.2, 0.25) is 0 Å². The molecule has 1 aromatic heterocycles. The highest BCUT2D eigenvalue weighted by molar-refractivity contribution is 5.76. The molecule has 1 saturated heterocycles. The van der Waals surface area contributed by atoms with E-state index >= 15 is 0 Å². The molecule has 1 aromatic rings. The number of carbonyl (C=O) groups excluding carboxylic acids is 1. The van der Waals surface area contributed by atoms with Crippen molar-refractivity contribution < 1.29 is 9.90 Å². The van der Waals surface area contributed by atoms with Gasteiger partial charge in [-0.2, -0.15) is 0 Å². The van der Waals surface area contributed by atoms with Crippen molar-refractivity contribution in [3.8, 4) is 0 Å². The minimum absolute atomic E-state index is 0.0303. The van der Waals surface area contributed by atoms with Gasteiger partial charge in [0.15, 0.2) is 0 Å². The Balaban J connectivity index is 1.98. The lowest BCUT2D eigenvalue weighted by Gasteiger charge is -2.39. The van der Waals surface area contributed by atoms with Gasteiger partial charge < -0.3 is 10.0 Å². The Labute approximate surface area is 125 Å². The average molecular weight is 292 g/mol. The maximum atomic E-state index is 11.9. The van der Waals surface area contributed by atoms with Crippen LogP contribution in [0.15, 0.2) is 12.4 Å². The van der Waals surface area contributed by atoms with Crippen LogP contribution in [0.3, 0.4) is 0 Å². The van der Waals surface area contributed by atoms with Crippen molar-refractivity contribution in [2.45, 2.75) is 38.3 Å². The van der Waals surface area contributed by atoms with Gasteiger partial charge in [-0.05, 0) is 32.4 Å². The van der Waals surface area contributed by atoms with Crippen molar-refractivity contribution in [1.29, 1.82) is 0 Å². The van der Waals surface area contributed by atoms with Crippen molar-refractivity contribution in [3.05, 3.63) is 23.8 Å². The van der Waals surface area contributed by atoms with Crippen molar-refractivity contribution in [1.82, 2.24) is 19.8 Å². The number of rotatable bonds is 4. The molecule has 0 spiro atoms. The Morgan fingerprint density at radius 3 is 2.90 bits per heavy atom. The number of β-amino-alcohol motifs (C(OH)–C–C–N with tert-alkyl or cyclic N) is 1. The van der Waals surface area contributed by atoms with Gasteiger partial charge in [-0.15, -0.1) is 0 Å². The number of aromatic nitrogens is 2. The second kappa shape index (κ2) is 6.49. The predicted molar refractivity (Wildman–Crippen MR) is 79.5 cm³/mol. The van der Waals surface area contributed by atoms with Crippen molar-refractivity contribution >= 4 is 5.91 Å². The number of aliphatic hydroxyl groups is 1. The van der Waals surface area contributed by atoms with E-state index in [1.54, 1.807) is 20.4 Å². The van der Waals surface area contributed by atoms with Crippen LogP contribution in [0.25, 0.3) is 0 Å². The molecule has 0 saturated carbocycles. The highest BCUT2D eigenvalue weighted by Crippen LogP contribution is 2.26. The molecular weight excluding hydrogens is 268 g/mol. The lowest BCUT2D eigenvalue weighted by atomic mass is 9.89. The zero-order valence-electron chi connectivity index (χ0n) is 13.0. The molecule has 0 aliphatic carbocycles. The first-order valence-corrected chi connectivity index (χ1v) is 7.30. The Kier molecular flexibility index (Phi) is 4.90. The topological polar surface area (TPSA) is 69.6 Å². The molecule has 21 heavy (non-hydrogen) atoms. The van der Waals surface area contributed by atoms with Gasteiger partial charge in [0.2, 0.25) is 5.91 Å². The average Bonchev–Trinajstić information content (AvgIpc) is 2.38. The van der Waals surface area contributed by atoms with Gasteiger partial charge >= 0.3 is 0 Å². The van der Waals surface area contributed by atoms with Gasteiger partial charge in [0.1, 0.15) is 6.33 Å². The van der Waals surface area contributed by atoms with Crippen LogP contribution in [0.1, 0.15) is 30.7 Å². The van der Waals surface area contributed by atoms with Crippen LogP contribution in [0, 0.1) is 6.92 Å². The van der Waals surface area contributed by atoms with Crippen LogP contribution in [0.5, 0.6) is 0 Å². The Morgan fingerprint density at radius 2 is 2.24 bits per heavy atom. The maximum absolute atomic E-state index is 11.9. The van der Waals surface area contributed by atoms with Gasteiger partial charge in [0, 0.05) is 32.9 Å². The van der Waals surface area contributed by atoms with Gasteiger partial charge in [0.05, 0.1) is 17.7 Å². The van der Waals surface area contributed by atoms with Crippen molar-refractivity contribution in [3.63, 3.8) is 0 Å². The molecule has 2 heterocycles. The van der Waals surface area contributed by atoms with E-state index in [2.05, 4.69) is 14.9 Å². The zero-order chi connectivity index (χ0) is 15.5. The van der Waals surface area contributed by atoms with Crippen LogP contribution >= 0.6 is 0 Å². The highest BCUT2D eigenvalue weighted by Gasteiger charge is 2.35. The lowest BCUT2D eigenvalue weighted by molar-refractivity contribution is -0.136. The summed E-state index contributed by atoms with van der Waals surface area (Å²) in [4.78, 5) is 23.9. The molecule has 116 valence electrons. The number of carbonyl (C=O) groups is 1. The van der Waals surface area contributed by atoms with E-state index in [1.165, 1.54) is 4.90 Å². The van der Waals surface area contributed by atoms with E-state index in [0.29, 0.717) is 19.5 Å². The summed E-state index contributed by atoms with van der Waals surface area (Å²) in [5, 5.41) is 10.7. The van der Waals surface area contributed by atoms with Crippen LogP contribution in [-0.4, -0.2) is 63.6 Å². The molecule has 1 amide bonds. The normalized spacial score (nSPS) is 23.0. The molecule has 0 aromatic carbocycles. The molecule has 1 fully saturated rings. The third-order valence-corrected chi connectivity index (χ3v) is 3.86. The first kappa shape index (κ1) is 15.9. The first-order valence-electron chi connectivity index (χ1n) is 7.30. The van der Waals surface area contributed by atoms with E-state index in [4.69, 9.17) is 0 Å². The van der Waals surface area contributed by atoms with E-state index in [0.717, 1.165) is 24.4 Å². The fraction of sp³-hybridized carbons (Fsp3) is 0.667. The third kappa shape index (κ3) is 4.47. The summed E-state index contributed by atoms with van der Waals surface area (Å²) >= 11 is 0. The SMILES string of the molecule is Cc1cc(CN2CCCC(O)(CC(=O)N(C)C)C2)ncn1. The number of piperidine rings is 1. The Morgan fingerprint density at radius 1 is 1.48 bits per heavy atom.